The van der Waals surface area contributed by atoms with Crippen molar-refractivity contribution in [2.45, 2.75) is 43.2 Å². The van der Waals surface area contributed by atoms with Crippen LogP contribution in [0.5, 0.6) is 0 Å². The van der Waals surface area contributed by atoms with Gasteiger partial charge in [0.1, 0.15) is 0 Å². The summed E-state index contributed by atoms with van der Waals surface area (Å²) in [4.78, 5) is 23.9. The van der Waals surface area contributed by atoms with Crippen molar-refractivity contribution in [1.82, 2.24) is 14.9 Å². The average Bonchev–Trinajstić information content (AvgIpc) is 3.38. The number of nitrogens with one attached hydrogen (secondary N) is 2. The molecule has 2 N–H and O–H groups in total. The van der Waals surface area contributed by atoms with Crippen LogP contribution in [0, 0.1) is 0 Å². The molecule has 2 aliphatic heterocycles. The van der Waals surface area contributed by atoms with Gasteiger partial charge in [-0.15, -0.1) is 0 Å². The number of hydrogen-bond acceptors (Lipinski definition) is 5. The summed E-state index contributed by atoms with van der Waals surface area (Å²) < 4.78 is 31.8. The summed E-state index contributed by atoms with van der Waals surface area (Å²) in [6, 6.07) is 6.36. The number of hydrogen-bond donors (Lipinski definition) is 2. The molecule has 2 heterocycles. The summed E-state index contributed by atoms with van der Waals surface area (Å²) in [5.41, 5.74) is 0.718. The number of amides is 2. The molecule has 2 aliphatic rings. The van der Waals surface area contributed by atoms with E-state index in [2.05, 4.69) is 10.6 Å². The number of carbonyl (C=O) groups is 2. The van der Waals surface area contributed by atoms with Crippen molar-refractivity contribution >= 4 is 21.8 Å². The van der Waals surface area contributed by atoms with E-state index < -0.39 is 21.8 Å². The van der Waals surface area contributed by atoms with Gasteiger partial charge in [0.25, 0.3) is 0 Å². The SMILES string of the molecule is O=C(NCc1ccc(S(=O)(=O)N2CCCC2)cc1)C(=O)NC[C@H]1CCCO1. The van der Waals surface area contributed by atoms with Gasteiger partial charge in [0.05, 0.1) is 11.0 Å². The molecule has 148 valence electrons. The molecule has 0 unspecified atom stereocenters. The van der Waals surface area contributed by atoms with Crippen LogP contribution in [0.1, 0.15) is 31.2 Å². The molecule has 27 heavy (non-hydrogen) atoms. The maximum Gasteiger partial charge on any atom is 0.309 e. The van der Waals surface area contributed by atoms with Gasteiger partial charge in [0, 0.05) is 32.8 Å². The molecular formula is C18H25N3O5S. The maximum absolute atomic E-state index is 12.5. The molecule has 8 nitrogen and oxygen atoms in total. The number of sulfonamides is 1. The fraction of sp³-hybridized carbons (Fsp3) is 0.556. The average molecular weight is 395 g/mol. The van der Waals surface area contributed by atoms with Crippen molar-refractivity contribution in [3.8, 4) is 0 Å². The highest BCUT2D eigenvalue weighted by Crippen LogP contribution is 2.21. The summed E-state index contributed by atoms with van der Waals surface area (Å²) in [5.74, 6) is -1.42. The molecule has 1 atom stereocenters. The van der Waals surface area contributed by atoms with Gasteiger partial charge < -0.3 is 15.4 Å². The van der Waals surface area contributed by atoms with Gasteiger partial charge in [-0.3, -0.25) is 9.59 Å². The molecule has 2 amide bonds. The normalized spacial score (nSPS) is 20.5. The lowest BCUT2D eigenvalue weighted by molar-refractivity contribution is -0.139. The molecule has 0 spiro atoms. The Morgan fingerprint density at radius 3 is 2.33 bits per heavy atom. The number of benzene rings is 1. The van der Waals surface area contributed by atoms with Crippen molar-refractivity contribution in [2.24, 2.45) is 0 Å². The quantitative estimate of drug-likeness (QED) is 0.678. The molecule has 0 aliphatic carbocycles. The summed E-state index contributed by atoms with van der Waals surface area (Å²) in [6.45, 7) is 2.28. The third-order valence-corrected chi connectivity index (χ3v) is 6.71. The van der Waals surface area contributed by atoms with Crippen molar-refractivity contribution in [1.29, 1.82) is 0 Å². The van der Waals surface area contributed by atoms with E-state index in [0.29, 0.717) is 26.2 Å². The first-order chi connectivity index (χ1) is 13.0. The molecule has 2 fully saturated rings. The van der Waals surface area contributed by atoms with Crippen molar-refractivity contribution in [3.63, 3.8) is 0 Å². The lowest BCUT2D eigenvalue weighted by Crippen LogP contribution is -2.42. The zero-order valence-corrected chi connectivity index (χ0v) is 16.0. The monoisotopic (exact) mass is 395 g/mol. The van der Waals surface area contributed by atoms with Crippen LogP contribution in [-0.4, -0.2) is 56.9 Å². The summed E-state index contributed by atoms with van der Waals surface area (Å²) in [5, 5.41) is 5.10. The van der Waals surface area contributed by atoms with Crippen LogP contribution in [0.25, 0.3) is 0 Å². The molecule has 2 saturated heterocycles. The molecular weight excluding hydrogens is 370 g/mol. The number of nitrogens with zero attached hydrogens (tertiary/aromatic N) is 1. The topological polar surface area (TPSA) is 105 Å². The highest BCUT2D eigenvalue weighted by Gasteiger charge is 2.27. The zero-order valence-electron chi connectivity index (χ0n) is 15.1. The fourth-order valence-electron chi connectivity index (χ4n) is 3.21. The summed E-state index contributed by atoms with van der Waals surface area (Å²) >= 11 is 0. The van der Waals surface area contributed by atoms with Gasteiger partial charge in [-0.25, -0.2) is 8.42 Å². The second-order valence-corrected chi connectivity index (χ2v) is 8.72. The minimum atomic E-state index is -3.45. The molecule has 0 saturated carbocycles. The molecule has 0 aromatic heterocycles. The largest absolute Gasteiger partial charge is 0.376 e. The van der Waals surface area contributed by atoms with E-state index in [1.54, 1.807) is 12.1 Å². The van der Waals surface area contributed by atoms with E-state index in [1.165, 1.54) is 16.4 Å². The highest BCUT2D eigenvalue weighted by molar-refractivity contribution is 7.89. The van der Waals surface area contributed by atoms with Gasteiger partial charge in [-0.2, -0.15) is 4.31 Å². The van der Waals surface area contributed by atoms with E-state index in [-0.39, 0.29) is 17.5 Å². The van der Waals surface area contributed by atoms with E-state index in [4.69, 9.17) is 4.74 Å². The van der Waals surface area contributed by atoms with Gasteiger partial charge in [-0.1, -0.05) is 12.1 Å². The Bertz CT molecular complexity index is 767. The minimum absolute atomic E-state index is 0.0214. The predicted octanol–water partition coefficient (Wildman–Crippen LogP) is 0.382. The Balaban J connectivity index is 1.47. The summed E-state index contributed by atoms with van der Waals surface area (Å²) in [7, 11) is -3.45. The Kier molecular flexibility index (Phi) is 6.46. The van der Waals surface area contributed by atoms with Crippen molar-refractivity contribution < 1.29 is 22.7 Å². The maximum atomic E-state index is 12.5. The van der Waals surface area contributed by atoms with Crippen LogP contribution in [0.3, 0.4) is 0 Å². The van der Waals surface area contributed by atoms with Crippen LogP contribution in [0.4, 0.5) is 0 Å². The second kappa shape index (κ2) is 8.81. The Labute approximate surface area is 159 Å². The minimum Gasteiger partial charge on any atom is -0.376 e. The fourth-order valence-corrected chi connectivity index (χ4v) is 4.73. The molecule has 0 bridgehead atoms. The van der Waals surface area contributed by atoms with Gasteiger partial charge in [-0.05, 0) is 43.4 Å². The van der Waals surface area contributed by atoms with Crippen LogP contribution in [0.2, 0.25) is 0 Å². The molecule has 0 radical (unpaired) electrons. The molecule has 1 aromatic carbocycles. The number of rotatable bonds is 6. The lowest BCUT2D eigenvalue weighted by Gasteiger charge is -2.15. The van der Waals surface area contributed by atoms with Gasteiger partial charge >= 0.3 is 11.8 Å². The van der Waals surface area contributed by atoms with Crippen LogP contribution < -0.4 is 10.6 Å². The van der Waals surface area contributed by atoms with Gasteiger partial charge in [0.15, 0.2) is 0 Å². The Morgan fingerprint density at radius 1 is 1.04 bits per heavy atom. The van der Waals surface area contributed by atoms with E-state index >= 15 is 0 Å². The van der Waals surface area contributed by atoms with Gasteiger partial charge in [0.2, 0.25) is 10.0 Å². The smallest absolute Gasteiger partial charge is 0.309 e. The third kappa shape index (κ3) is 5.06. The number of carbonyl (C=O) groups excluding carboxylic acids is 2. The Morgan fingerprint density at radius 2 is 1.70 bits per heavy atom. The van der Waals surface area contributed by atoms with Crippen molar-refractivity contribution in [2.75, 3.05) is 26.2 Å². The first-order valence-corrected chi connectivity index (χ1v) is 10.7. The van der Waals surface area contributed by atoms with E-state index in [9.17, 15) is 18.0 Å². The zero-order chi connectivity index (χ0) is 19.3. The van der Waals surface area contributed by atoms with E-state index in [0.717, 1.165) is 31.2 Å². The van der Waals surface area contributed by atoms with Crippen molar-refractivity contribution in [3.05, 3.63) is 29.8 Å². The number of ether oxygens (including phenoxy) is 1. The van der Waals surface area contributed by atoms with Crippen LogP contribution >= 0.6 is 0 Å². The van der Waals surface area contributed by atoms with Crippen LogP contribution in [-0.2, 0) is 30.9 Å². The first-order valence-electron chi connectivity index (χ1n) is 9.23. The predicted molar refractivity (Wildman–Crippen MR) is 98.3 cm³/mol. The summed E-state index contributed by atoms with van der Waals surface area (Å²) in [6.07, 6.45) is 3.60. The first kappa shape index (κ1) is 19.8. The van der Waals surface area contributed by atoms with Crippen LogP contribution in [0.15, 0.2) is 29.2 Å². The Hall–Kier alpha value is -1.97. The lowest BCUT2D eigenvalue weighted by atomic mass is 10.2. The standard InChI is InChI=1S/C18H25N3O5S/c22-17(18(23)20-13-15-4-3-11-26-15)19-12-14-5-7-16(8-6-14)27(24,25)21-9-1-2-10-21/h5-8,15H,1-4,9-13H2,(H,19,22)(H,20,23)/t15-/m1/s1. The highest BCUT2D eigenvalue weighted by atomic mass is 32.2. The molecule has 9 heteroatoms. The third-order valence-electron chi connectivity index (χ3n) is 4.80. The van der Waals surface area contributed by atoms with E-state index in [1.807, 2.05) is 0 Å². The molecule has 1 aromatic rings. The second-order valence-electron chi connectivity index (χ2n) is 6.78. The molecule has 3 rings (SSSR count).